The Balaban J connectivity index is 0.00000264. The fourth-order valence-corrected chi connectivity index (χ4v) is 2.28. The van der Waals surface area contributed by atoms with Crippen LogP contribution in [0, 0.1) is 0 Å². The van der Waals surface area contributed by atoms with Gasteiger partial charge in [0.25, 0.3) is 0 Å². The summed E-state index contributed by atoms with van der Waals surface area (Å²) in [7, 11) is 1.70. The Morgan fingerprint density at radius 3 is 2.48 bits per heavy atom. The summed E-state index contributed by atoms with van der Waals surface area (Å²) in [5, 5.41) is 6.48. The molecule has 23 heavy (non-hydrogen) atoms. The lowest BCUT2D eigenvalue weighted by Crippen LogP contribution is -2.38. The minimum Gasteiger partial charge on any atom is -0.383 e. The number of methoxy groups -OCH3 is 1. The molecule has 0 bridgehead atoms. The molecule has 0 unspecified atom stereocenters. The van der Waals surface area contributed by atoms with Crippen LogP contribution in [0.2, 0.25) is 0 Å². The van der Waals surface area contributed by atoms with Gasteiger partial charge in [-0.15, -0.1) is 24.0 Å². The number of ether oxygens (including phenoxy) is 1. The zero-order chi connectivity index (χ0) is 15.6. The third kappa shape index (κ3) is 6.78. The Morgan fingerprint density at radius 2 is 1.87 bits per heavy atom. The van der Waals surface area contributed by atoms with Crippen LogP contribution in [-0.2, 0) is 11.3 Å². The number of rotatable bonds is 7. The van der Waals surface area contributed by atoms with Gasteiger partial charge in [0.2, 0.25) is 0 Å². The van der Waals surface area contributed by atoms with Crippen LogP contribution in [0.4, 0.5) is 5.69 Å². The van der Waals surface area contributed by atoms with Gasteiger partial charge in [-0.05, 0) is 24.6 Å². The van der Waals surface area contributed by atoms with Crippen LogP contribution in [0.5, 0.6) is 0 Å². The van der Waals surface area contributed by atoms with Crippen molar-refractivity contribution in [2.45, 2.75) is 13.5 Å². The molecule has 6 heteroatoms. The van der Waals surface area contributed by atoms with Gasteiger partial charge in [0.05, 0.1) is 13.2 Å². The van der Waals surface area contributed by atoms with E-state index < -0.39 is 0 Å². The molecule has 0 amide bonds. The minimum atomic E-state index is 0. The number of benzene rings is 1. The van der Waals surface area contributed by atoms with Gasteiger partial charge >= 0.3 is 0 Å². The maximum atomic E-state index is 5.04. The number of guanidine groups is 1. The minimum absolute atomic E-state index is 0. The van der Waals surface area contributed by atoms with Gasteiger partial charge in [-0.1, -0.05) is 24.3 Å². The summed E-state index contributed by atoms with van der Waals surface area (Å²) in [6, 6.07) is 8.64. The van der Waals surface area contributed by atoms with E-state index in [1.165, 1.54) is 11.3 Å². The van der Waals surface area contributed by atoms with Crippen molar-refractivity contribution in [1.82, 2.24) is 10.6 Å². The van der Waals surface area contributed by atoms with Crippen molar-refractivity contribution in [1.29, 1.82) is 0 Å². The molecular weight excluding hydrogens is 403 g/mol. The van der Waals surface area contributed by atoms with Crippen LogP contribution in [0.25, 0.3) is 0 Å². The maximum Gasteiger partial charge on any atom is 0.191 e. The second-order valence-corrected chi connectivity index (χ2v) is 5.16. The standard InChI is InChI=1S/C17H26N4O.HI/c1-3-18-17(19-10-13-22-2)20-14-15-6-8-16(9-7-15)21-11-4-5-12-21;/h4-9H,3,10-14H2,1-2H3,(H2,18,19,20);1H. The lowest BCUT2D eigenvalue weighted by atomic mass is 10.2. The number of aliphatic imine (C=N–C) groups is 1. The molecule has 5 nitrogen and oxygen atoms in total. The number of anilines is 1. The average molecular weight is 430 g/mol. The van der Waals surface area contributed by atoms with Gasteiger partial charge in [0, 0.05) is 39.0 Å². The third-order valence-electron chi connectivity index (χ3n) is 3.48. The third-order valence-corrected chi connectivity index (χ3v) is 3.48. The summed E-state index contributed by atoms with van der Waals surface area (Å²) in [5.41, 5.74) is 2.47. The number of nitrogens with zero attached hydrogens (tertiary/aromatic N) is 2. The summed E-state index contributed by atoms with van der Waals surface area (Å²) in [5.74, 6) is 0.826. The lowest BCUT2D eigenvalue weighted by molar-refractivity contribution is 0.203. The van der Waals surface area contributed by atoms with Crippen molar-refractivity contribution >= 4 is 35.6 Å². The van der Waals surface area contributed by atoms with Gasteiger partial charge in [0.15, 0.2) is 5.96 Å². The van der Waals surface area contributed by atoms with Gasteiger partial charge in [-0.25, -0.2) is 4.99 Å². The molecule has 2 N–H and O–H groups in total. The predicted octanol–water partition coefficient (Wildman–Crippen LogP) is 2.38. The van der Waals surface area contributed by atoms with Crippen molar-refractivity contribution in [3.8, 4) is 0 Å². The smallest absolute Gasteiger partial charge is 0.191 e. The summed E-state index contributed by atoms with van der Waals surface area (Å²) >= 11 is 0. The fourth-order valence-electron chi connectivity index (χ4n) is 2.28. The normalized spacial score (nSPS) is 13.8. The highest BCUT2D eigenvalue weighted by molar-refractivity contribution is 14.0. The van der Waals surface area contributed by atoms with Crippen molar-refractivity contribution in [3.05, 3.63) is 42.0 Å². The number of nitrogens with one attached hydrogen (secondary N) is 2. The van der Waals surface area contributed by atoms with Crippen molar-refractivity contribution < 1.29 is 4.74 Å². The van der Waals surface area contributed by atoms with Gasteiger partial charge in [-0.3, -0.25) is 0 Å². The van der Waals surface area contributed by atoms with Crippen LogP contribution in [0.15, 0.2) is 41.4 Å². The molecule has 0 fully saturated rings. The SMILES string of the molecule is CCNC(=NCc1ccc(N2CC=CC2)cc1)NCCOC.I. The van der Waals surface area contributed by atoms with Gasteiger partial charge < -0.3 is 20.3 Å². The van der Waals surface area contributed by atoms with Crippen molar-refractivity contribution in [3.63, 3.8) is 0 Å². The average Bonchev–Trinajstić information content (AvgIpc) is 3.08. The summed E-state index contributed by atoms with van der Waals surface area (Å²) < 4.78 is 5.04. The molecular formula is C17H27IN4O. The van der Waals surface area contributed by atoms with E-state index in [2.05, 4.69) is 63.9 Å². The Labute approximate surface area is 156 Å². The van der Waals surface area contributed by atoms with E-state index in [1.54, 1.807) is 7.11 Å². The first-order valence-corrected chi connectivity index (χ1v) is 7.83. The van der Waals surface area contributed by atoms with E-state index in [1.807, 2.05) is 0 Å². The first-order valence-electron chi connectivity index (χ1n) is 7.83. The molecule has 1 aromatic rings. The highest BCUT2D eigenvalue weighted by Gasteiger charge is 2.06. The molecule has 0 saturated carbocycles. The summed E-state index contributed by atoms with van der Waals surface area (Å²) in [4.78, 5) is 6.93. The molecule has 0 aromatic heterocycles. The Bertz CT molecular complexity index is 494. The first-order chi connectivity index (χ1) is 10.8. The largest absolute Gasteiger partial charge is 0.383 e. The molecule has 0 atom stereocenters. The fraction of sp³-hybridized carbons (Fsp3) is 0.471. The van der Waals surface area contributed by atoms with E-state index in [9.17, 15) is 0 Å². The molecule has 0 radical (unpaired) electrons. The number of halogens is 1. The molecule has 1 aliphatic heterocycles. The number of hydrogen-bond donors (Lipinski definition) is 2. The van der Waals surface area contributed by atoms with E-state index in [0.29, 0.717) is 13.2 Å². The van der Waals surface area contributed by atoms with Gasteiger partial charge in [-0.2, -0.15) is 0 Å². The molecule has 0 aliphatic carbocycles. The second-order valence-electron chi connectivity index (χ2n) is 5.16. The van der Waals surface area contributed by atoms with Crippen LogP contribution >= 0.6 is 24.0 Å². The maximum absolute atomic E-state index is 5.04. The Hall–Kier alpha value is -1.28. The summed E-state index contributed by atoms with van der Waals surface area (Å²) in [6.07, 6.45) is 4.40. The monoisotopic (exact) mass is 430 g/mol. The van der Waals surface area contributed by atoms with E-state index in [-0.39, 0.29) is 24.0 Å². The molecule has 128 valence electrons. The predicted molar refractivity (Wildman–Crippen MR) is 108 cm³/mol. The van der Waals surface area contributed by atoms with Crippen LogP contribution in [0.1, 0.15) is 12.5 Å². The molecule has 1 heterocycles. The lowest BCUT2D eigenvalue weighted by Gasteiger charge is -2.17. The molecule has 2 rings (SSSR count). The zero-order valence-electron chi connectivity index (χ0n) is 13.9. The van der Waals surface area contributed by atoms with Crippen LogP contribution < -0.4 is 15.5 Å². The Morgan fingerprint density at radius 1 is 1.17 bits per heavy atom. The van der Waals surface area contributed by atoms with Crippen molar-refractivity contribution in [2.75, 3.05) is 44.8 Å². The van der Waals surface area contributed by atoms with Crippen LogP contribution in [0.3, 0.4) is 0 Å². The van der Waals surface area contributed by atoms with Crippen LogP contribution in [-0.4, -0.2) is 45.9 Å². The Kier molecular flexibility index (Phi) is 9.70. The van der Waals surface area contributed by atoms with E-state index in [0.717, 1.165) is 32.1 Å². The quantitative estimate of drug-likeness (QED) is 0.229. The molecule has 1 aromatic carbocycles. The molecule has 0 spiro atoms. The summed E-state index contributed by atoms with van der Waals surface area (Å²) in [6.45, 7) is 7.01. The highest BCUT2D eigenvalue weighted by atomic mass is 127. The van der Waals surface area contributed by atoms with Crippen molar-refractivity contribution in [2.24, 2.45) is 4.99 Å². The first kappa shape index (κ1) is 19.8. The number of hydrogen-bond acceptors (Lipinski definition) is 3. The second kappa shape index (κ2) is 11.3. The van der Waals surface area contributed by atoms with E-state index >= 15 is 0 Å². The molecule has 0 saturated heterocycles. The van der Waals surface area contributed by atoms with Gasteiger partial charge in [0.1, 0.15) is 0 Å². The highest BCUT2D eigenvalue weighted by Crippen LogP contribution is 2.17. The molecule has 1 aliphatic rings. The zero-order valence-corrected chi connectivity index (χ0v) is 16.2. The topological polar surface area (TPSA) is 48.9 Å². The van der Waals surface area contributed by atoms with E-state index in [4.69, 9.17) is 4.74 Å².